The van der Waals surface area contributed by atoms with Crippen LogP contribution in [0.15, 0.2) is 47.4 Å². The normalized spacial score (nSPS) is 16.1. The van der Waals surface area contributed by atoms with Crippen molar-refractivity contribution in [1.82, 2.24) is 4.31 Å². The van der Waals surface area contributed by atoms with Crippen LogP contribution in [-0.4, -0.2) is 31.8 Å². The molecule has 1 fully saturated rings. The Hall–Kier alpha value is -2.18. The number of sulfonamides is 1. The highest BCUT2D eigenvalue weighted by Crippen LogP contribution is 2.26. The molecule has 2 aromatic carbocycles. The number of benzene rings is 2. The molecule has 0 N–H and O–H groups in total. The second-order valence-corrected chi connectivity index (χ2v) is 9.46. The zero-order valence-electron chi connectivity index (χ0n) is 16.6. The second kappa shape index (κ2) is 8.45. The Morgan fingerprint density at radius 2 is 1.75 bits per heavy atom. The number of hydrogen-bond acceptors (Lipinski definition) is 4. The number of aryl methyl sites for hydroxylation is 3. The van der Waals surface area contributed by atoms with Gasteiger partial charge >= 0.3 is 5.97 Å². The van der Waals surface area contributed by atoms with Gasteiger partial charge < -0.3 is 4.74 Å². The lowest BCUT2D eigenvalue weighted by atomic mass is 9.98. The summed E-state index contributed by atoms with van der Waals surface area (Å²) in [7, 11) is -3.53. The fourth-order valence-electron chi connectivity index (χ4n) is 3.43. The van der Waals surface area contributed by atoms with E-state index in [4.69, 9.17) is 4.74 Å². The summed E-state index contributed by atoms with van der Waals surface area (Å²) in [4.78, 5) is 12.7. The van der Waals surface area contributed by atoms with E-state index in [-0.39, 0.29) is 18.5 Å². The van der Waals surface area contributed by atoms with Crippen LogP contribution in [0.1, 0.15) is 35.1 Å². The van der Waals surface area contributed by atoms with Gasteiger partial charge in [0.25, 0.3) is 0 Å². The molecule has 28 heavy (non-hydrogen) atoms. The number of piperidine rings is 1. The molecule has 1 saturated heterocycles. The molecule has 1 aliphatic rings. The molecule has 0 bridgehead atoms. The number of hydrogen-bond donors (Lipinski definition) is 0. The third kappa shape index (κ3) is 4.62. The first-order chi connectivity index (χ1) is 13.3. The smallest absolute Gasteiger partial charge is 0.309 e. The summed E-state index contributed by atoms with van der Waals surface area (Å²) < 4.78 is 32.7. The molecule has 1 aliphatic heterocycles. The van der Waals surface area contributed by atoms with Gasteiger partial charge in [-0.3, -0.25) is 4.79 Å². The fourth-order valence-corrected chi connectivity index (χ4v) is 4.98. The van der Waals surface area contributed by atoms with E-state index in [0.717, 1.165) is 22.3 Å². The molecule has 1 heterocycles. The summed E-state index contributed by atoms with van der Waals surface area (Å²) in [6, 6.07) is 13.1. The lowest BCUT2D eigenvalue weighted by Crippen LogP contribution is -2.40. The van der Waals surface area contributed by atoms with Crippen molar-refractivity contribution in [2.45, 2.75) is 45.1 Å². The molecule has 2 aromatic rings. The van der Waals surface area contributed by atoms with Crippen LogP contribution in [0.5, 0.6) is 0 Å². The maximum Gasteiger partial charge on any atom is 0.309 e. The highest BCUT2D eigenvalue weighted by Gasteiger charge is 2.32. The van der Waals surface area contributed by atoms with Crippen molar-refractivity contribution in [1.29, 1.82) is 0 Å². The van der Waals surface area contributed by atoms with Crippen LogP contribution in [0.3, 0.4) is 0 Å². The molecule has 0 radical (unpaired) electrons. The van der Waals surface area contributed by atoms with Crippen LogP contribution in [0.4, 0.5) is 0 Å². The number of ether oxygens (including phenoxy) is 1. The molecule has 0 atom stereocenters. The van der Waals surface area contributed by atoms with Crippen molar-refractivity contribution in [2.24, 2.45) is 5.92 Å². The van der Waals surface area contributed by atoms with Crippen LogP contribution in [0, 0.1) is 26.7 Å². The SMILES string of the molecule is Cc1cccc(COC(=O)C2CCN(S(=O)(=O)c3ccc(C)c(C)c3)CC2)c1. The monoisotopic (exact) mass is 401 g/mol. The average Bonchev–Trinajstić information content (AvgIpc) is 2.68. The van der Waals surface area contributed by atoms with E-state index < -0.39 is 10.0 Å². The second-order valence-electron chi connectivity index (χ2n) is 7.52. The van der Waals surface area contributed by atoms with Crippen molar-refractivity contribution in [3.05, 3.63) is 64.7 Å². The van der Waals surface area contributed by atoms with Crippen molar-refractivity contribution in [3.8, 4) is 0 Å². The minimum atomic E-state index is -3.53. The Bertz CT molecular complexity index is 960. The first-order valence-corrected chi connectivity index (χ1v) is 11.0. The molecule has 0 aromatic heterocycles. The predicted octanol–water partition coefficient (Wildman–Crippen LogP) is 3.76. The summed E-state index contributed by atoms with van der Waals surface area (Å²) in [5, 5.41) is 0. The van der Waals surface area contributed by atoms with Crippen molar-refractivity contribution in [2.75, 3.05) is 13.1 Å². The van der Waals surface area contributed by atoms with Crippen LogP contribution >= 0.6 is 0 Å². The molecular weight excluding hydrogens is 374 g/mol. The summed E-state index contributed by atoms with van der Waals surface area (Å²) >= 11 is 0. The standard InChI is InChI=1S/C22H27NO4S/c1-16-5-4-6-19(13-16)15-27-22(24)20-9-11-23(12-10-20)28(25,26)21-8-7-17(2)18(3)14-21/h4-8,13-14,20H,9-12,15H2,1-3H3. The molecule has 0 aliphatic carbocycles. The maximum atomic E-state index is 12.9. The first kappa shape index (κ1) is 20.6. The van der Waals surface area contributed by atoms with Gasteiger partial charge in [-0.2, -0.15) is 4.31 Å². The number of carbonyl (C=O) groups is 1. The van der Waals surface area contributed by atoms with E-state index in [0.29, 0.717) is 30.8 Å². The van der Waals surface area contributed by atoms with E-state index in [1.54, 1.807) is 12.1 Å². The molecule has 0 spiro atoms. The van der Waals surface area contributed by atoms with E-state index in [1.807, 2.05) is 51.1 Å². The lowest BCUT2D eigenvalue weighted by molar-refractivity contribution is -0.151. The van der Waals surface area contributed by atoms with Crippen LogP contribution in [-0.2, 0) is 26.2 Å². The highest BCUT2D eigenvalue weighted by atomic mass is 32.2. The third-order valence-electron chi connectivity index (χ3n) is 5.37. The number of nitrogens with zero attached hydrogens (tertiary/aromatic N) is 1. The average molecular weight is 402 g/mol. The topological polar surface area (TPSA) is 63.7 Å². The van der Waals surface area contributed by atoms with Gasteiger partial charge in [0, 0.05) is 13.1 Å². The minimum Gasteiger partial charge on any atom is -0.461 e. The number of esters is 1. The summed E-state index contributed by atoms with van der Waals surface area (Å²) in [5.74, 6) is -0.499. The van der Waals surface area contributed by atoms with Gasteiger partial charge in [0.2, 0.25) is 10.0 Å². The maximum absolute atomic E-state index is 12.9. The molecule has 0 unspecified atom stereocenters. The summed E-state index contributed by atoms with van der Waals surface area (Å²) in [6.45, 7) is 6.78. The lowest BCUT2D eigenvalue weighted by Gasteiger charge is -2.30. The van der Waals surface area contributed by atoms with Gasteiger partial charge in [0.15, 0.2) is 0 Å². The first-order valence-electron chi connectivity index (χ1n) is 9.57. The zero-order chi connectivity index (χ0) is 20.3. The van der Waals surface area contributed by atoms with Crippen LogP contribution in [0.2, 0.25) is 0 Å². The largest absolute Gasteiger partial charge is 0.461 e. The fraction of sp³-hybridized carbons (Fsp3) is 0.409. The molecule has 0 saturated carbocycles. The van der Waals surface area contributed by atoms with Gasteiger partial charge in [-0.05, 0) is 62.4 Å². The molecule has 6 heteroatoms. The number of rotatable bonds is 5. The Morgan fingerprint density at radius 3 is 2.39 bits per heavy atom. The molecule has 150 valence electrons. The predicted molar refractivity (Wildman–Crippen MR) is 108 cm³/mol. The zero-order valence-corrected chi connectivity index (χ0v) is 17.5. The molecule has 3 rings (SSSR count). The summed E-state index contributed by atoms with van der Waals surface area (Å²) in [6.07, 6.45) is 0.966. The number of carbonyl (C=O) groups excluding carboxylic acids is 1. The quantitative estimate of drug-likeness (QED) is 0.716. The van der Waals surface area contributed by atoms with Gasteiger partial charge in [-0.15, -0.1) is 0 Å². The van der Waals surface area contributed by atoms with Crippen LogP contribution < -0.4 is 0 Å². The Morgan fingerprint density at radius 1 is 1.04 bits per heavy atom. The van der Waals surface area contributed by atoms with Crippen molar-refractivity contribution < 1.29 is 17.9 Å². The Labute approximate surface area is 167 Å². The van der Waals surface area contributed by atoms with Gasteiger partial charge in [0.05, 0.1) is 10.8 Å². The van der Waals surface area contributed by atoms with Crippen LogP contribution in [0.25, 0.3) is 0 Å². The molecule has 0 amide bonds. The van der Waals surface area contributed by atoms with Crippen molar-refractivity contribution >= 4 is 16.0 Å². The summed E-state index contributed by atoms with van der Waals surface area (Å²) in [5.41, 5.74) is 4.10. The minimum absolute atomic E-state index is 0.246. The Kier molecular flexibility index (Phi) is 6.20. The Balaban J connectivity index is 1.57. The molecule has 5 nitrogen and oxygen atoms in total. The van der Waals surface area contributed by atoms with E-state index >= 15 is 0 Å². The van der Waals surface area contributed by atoms with Gasteiger partial charge in [0.1, 0.15) is 6.61 Å². The van der Waals surface area contributed by atoms with Gasteiger partial charge in [-0.25, -0.2) is 8.42 Å². The third-order valence-corrected chi connectivity index (χ3v) is 7.26. The van der Waals surface area contributed by atoms with E-state index in [2.05, 4.69) is 0 Å². The van der Waals surface area contributed by atoms with E-state index in [1.165, 1.54) is 4.31 Å². The van der Waals surface area contributed by atoms with E-state index in [9.17, 15) is 13.2 Å². The van der Waals surface area contributed by atoms with Crippen molar-refractivity contribution in [3.63, 3.8) is 0 Å². The van der Waals surface area contributed by atoms with Gasteiger partial charge in [-0.1, -0.05) is 35.9 Å². The molecular formula is C22H27NO4S. The highest BCUT2D eigenvalue weighted by molar-refractivity contribution is 7.89.